The number of aliphatic hydroxyl groups excluding tert-OH is 1. The summed E-state index contributed by atoms with van der Waals surface area (Å²) >= 11 is 0. The Morgan fingerprint density at radius 1 is 0.676 bits per heavy atom. The predicted octanol–water partition coefficient (Wildman–Crippen LogP) is 1.51. The van der Waals surface area contributed by atoms with Gasteiger partial charge in [-0.05, 0) is 54.0 Å². The average molecular weight is 972 g/mol. The SMILES string of the molecule is CC(C)C[C@H](NC(=O)[C@@H](N)CO)C(=O)N[C@@H](Cc1c[nH]c2ccccc12)C(=O)N1CCC[C@H]1C(=O)N[C@@H](Cc1cnc[nH]1)C(=O)N[C@@H](Cc1ccccc1)C(=O)N[C@@H](Cc1c[nH]c2ccccc12)C(=O)O. The summed E-state index contributed by atoms with van der Waals surface area (Å²) < 4.78 is 0. The summed E-state index contributed by atoms with van der Waals surface area (Å²) in [6, 6.07) is 15.0. The van der Waals surface area contributed by atoms with Gasteiger partial charge >= 0.3 is 5.97 Å². The molecule has 6 aromatic rings. The molecule has 1 aliphatic rings. The van der Waals surface area contributed by atoms with Crippen LogP contribution in [0.25, 0.3) is 21.8 Å². The lowest BCUT2D eigenvalue weighted by atomic mass is 10.00. The van der Waals surface area contributed by atoms with Crippen LogP contribution in [0.1, 0.15) is 55.5 Å². The third kappa shape index (κ3) is 13.1. The molecule has 20 heteroatoms. The summed E-state index contributed by atoms with van der Waals surface area (Å²) in [6.45, 7) is 3.23. The van der Waals surface area contributed by atoms with Crippen LogP contribution >= 0.6 is 0 Å². The van der Waals surface area contributed by atoms with Crippen LogP contribution in [0, 0.1) is 5.92 Å². The van der Waals surface area contributed by atoms with Gasteiger partial charge in [-0.15, -0.1) is 0 Å². The van der Waals surface area contributed by atoms with Crippen molar-refractivity contribution in [2.45, 2.75) is 101 Å². The van der Waals surface area contributed by atoms with Crippen molar-refractivity contribution in [3.8, 4) is 0 Å². The number of hydrogen-bond donors (Lipinski definition) is 11. The Morgan fingerprint density at radius 3 is 1.82 bits per heavy atom. The van der Waals surface area contributed by atoms with Gasteiger partial charge in [-0.25, -0.2) is 9.78 Å². The van der Waals surface area contributed by atoms with Crippen molar-refractivity contribution >= 4 is 63.2 Å². The van der Waals surface area contributed by atoms with Crippen molar-refractivity contribution in [2.75, 3.05) is 13.2 Å². The van der Waals surface area contributed by atoms with Crippen molar-refractivity contribution in [1.29, 1.82) is 0 Å². The molecule has 0 saturated carbocycles. The molecule has 3 aromatic carbocycles. The quantitative estimate of drug-likeness (QED) is 0.0437. The first-order chi connectivity index (χ1) is 34.2. The minimum absolute atomic E-state index is 0.0121. The number of H-pyrrole nitrogens is 3. The number of nitrogens with two attached hydrogens (primary N) is 1. The topological polar surface area (TPSA) is 310 Å². The smallest absolute Gasteiger partial charge is 0.326 e. The van der Waals surface area contributed by atoms with Crippen LogP contribution in [0.15, 0.2) is 104 Å². The summed E-state index contributed by atoms with van der Waals surface area (Å²) in [5.74, 6) is -5.50. The van der Waals surface area contributed by atoms with E-state index in [9.17, 15) is 43.8 Å². The van der Waals surface area contributed by atoms with Gasteiger partial charge in [-0.1, -0.05) is 80.6 Å². The molecule has 0 spiro atoms. The maximum atomic E-state index is 14.9. The van der Waals surface area contributed by atoms with Crippen LogP contribution in [-0.4, -0.2) is 132 Å². The zero-order chi connectivity index (χ0) is 50.6. The molecule has 0 radical (unpaired) electrons. The number of hydrogen-bond acceptors (Lipinski definition) is 10. The zero-order valence-electron chi connectivity index (χ0n) is 39.5. The Kier molecular flexibility index (Phi) is 17.0. The lowest BCUT2D eigenvalue weighted by Crippen LogP contribution is -2.60. The second kappa shape index (κ2) is 23.6. The maximum absolute atomic E-state index is 14.9. The van der Waals surface area contributed by atoms with E-state index >= 15 is 0 Å². The molecule has 0 unspecified atom stereocenters. The van der Waals surface area contributed by atoms with E-state index < -0.39 is 90.3 Å². The van der Waals surface area contributed by atoms with Gasteiger partial charge in [0.1, 0.15) is 42.3 Å². The minimum Gasteiger partial charge on any atom is -0.480 e. The van der Waals surface area contributed by atoms with E-state index in [-0.39, 0.29) is 51.0 Å². The Labute approximate surface area is 409 Å². The first-order valence-corrected chi connectivity index (χ1v) is 23.7. The van der Waals surface area contributed by atoms with Crippen molar-refractivity contribution in [2.24, 2.45) is 11.7 Å². The number of para-hydroxylation sites is 2. The van der Waals surface area contributed by atoms with Gasteiger partial charge in [0, 0.05) is 78.3 Å². The Hall–Kier alpha value is -7.84. The summed E-state index contributed by atoms with van der Waals surface area (Å²) in [5.41, 5.74) is 9.91. The fourth-order valence-corrected chi connectivity index (χ4v) is 8.98. The van der Waals surface area contributed by atoms with Crippen molar-refractivity contribution in [1.82, 2.24) is 51.4 Å². The first-order valence-electron chi connectivity index (χ1n) is 23.7. The van der Waals surface area contributed by atoms with Crippen molar-refractivity contribution < 1.29 is 43.8 Å². The molecule has 71 heavy (non-hydrogen) atoms. The number of carbonyl (C=O) groups excluding carboxylic acids is 6. The summed E-state index contributed by atoms with van der Waals surface area (Å²) in [7, 11) is 0. The van der Waals surface area contributed by atoms with Crippen LogP contribution in [0.2, 0.25) is 0 Å². The molecule has 0 aliphatic carbocycles. The van der Waals surface area contributed by atoms with Gasteiger partial charge in [0.25, 0.3) is 0 Å². The zero-order valence-corrected chi connectivity index (χ0v) is 39.5. The molecule has 1 saturated heterocycles. The molecular formula is C51H61N11O9. The van der Waals surface area contributed by atoms with E-state index in [1.54, 1.807) is 42.7 Å². The standard InChI is InChI=1S/C51H61N11O9/c1-29(2)19-39(57-45(64)36(52)27-63)46(65)60-42(21-31-24-54-37-15-8-6-13-34(31)37)50(69)62-18-10-17-44(62)49(68)59-41(23-33-26-53-28-56-33)48(67)58-40(20-30-11-4-3-5-12-30)47(66)61-43(51(70)71)22-32-25-55-38-16-9-7-14-35(32)38/h3-9,11-16,24-26,28-29,36,39-44,54-55,63H,10,17-23,27,52H2,1-2H3,(H,53,56)(H,57,64)(H,58,67)(H,59,68)(H,60,65)(H,61,66)(H,70,71)/t36-,39-,40-,41-,42-,43-,44-/m0/s1. The number of aliphatic hydroxyl groups is 1. The average Bonchev–Trinajstić information content (AvgIpc) is 4.21. The van der Waals surface area contributed by atoms with E-state index in [1.165, 1.54) is 17.4 Å². The number of carbonyl (C=O) groups is 7. The molecule has 0 bridgehead atoms. The van der Waals surface area contributed by atoms with Crippen molar-refractivity contribution in [3.05, 3.63) is 126 Å². The number of aliphatic carboxylic acids is 1. The largest absolute Gasteiger partial charge is 0.480 e. The fraction of sp³-hybridized carbons (Fsp3) is 0.373. The second-order valence-corrected chi connectivity index (χ2v) is 18.4. The third-order valence-electron chi connectivity index (χ3n) is 12.7. The highest BCUT2D eigenvalue weighted by atomic mass is 16.4. The number of imidazole rings is 1. The number of aromatic amines is 3. The monoisotopic (exact) mass is 971 g/mol. The van der Waals surface area contributed by atoms with Gasteiger partial charge in [0.2, 0.25) is 35.4 Å². The van der Waals surface area contributed by atoms with Crippen LogP contribution in [0.4, 0.5) is 0 Å². The molecule has 7 rings (SSSR count). The highest BCUT2D eigenvalue weighted by molar-refractivity contribution is 5.98. The molecule has 6 amide bonds. The van der Waals surface area contributed by atoms with Gasteiger partial charge in [-0.3, -0.25) is 28.8 Å². The predicted molar refractivity (Wildman–Crippen MR) is 263 cm³/mol. The van der Waals surface area contributed by atoms with E-state index in [4.69, 9.17) is 5.73 Å². The number of amides is 6. The molecule has 374 valence electrons. The van der Waals surface area contributed by atoms with Crippen LogP contribution in [-0.2, 0) is 59.2 Å². The fourth-order valence-electron chi connectivity index (χ4n) is 8.98. The first kappa shape index (κ1) is 51.0. The minimum atomic E-state index is -1.36. The molecular weight excluding hydrogens is 911 g/mol. The lowest BCUT2D eigenvalue weighted by molar-refractivity contribution is -0.143. The number of aromatic nitrogens is 4. The Morgan fingerprint density at radius 2 is 1.23 bits per heavy atom. The molecule has 4 heterocycles. The summed E-state index contributed by atoms with van der Waals surface area (Å²) in [5, 5.41) is 35.1. The van der Waals surface area contributed by atoms with Crippen LogP contribution in [0.5, 0.6) is 0 Å². The number of carboxylic acids is 1. The van der Waals surface area contributed by atoms with Gasteiger partial charge in [0.05, 0.1) is 12.9 Å². The molecule has 12 N–H and O–H groups in total. The Bertz CT molecular complexity index is 2810. The normalized spacial score (nSPS) is 16.1. The number of carboxylic acid groups (broad SMARTS) is 1. The summed E-state index contributed by atoms with van der Waals surface area (Å²) in [4.78, 5) is 112. The molecule has 3 aromatic heterocycles. The lowest BCUT2D eigenvalue weighted by Gasteiger charge is -2.31. The highest BCUT2D eigenvalue weighted by Gasteiger charge is 2.41. The highest BCUT2D eigenvalue weighted by Crippen LogP contribution is 2.24. The van der Waals surface area contributed by atoms with Gasteiger partial charge in [0.15, 0.2) is 0 Å². The number of benzene rings is 3. The van der Waals surface area contributed by atoms with Crippen molar-refractivity contribution in [3.63, 3.8) is 0 Å². The number of fused-ring (bicyclic) bond motifs is 2. The van der Waals surface area contributed by atoms with Crippen LogP contribution in [0.3, 0.4) is 0 Å². The number of rotatable bonds is 23. The molecule has 1 aliphatic heterocycles. The third-order valence-corrected chi connectivity index (χ3v) is 12.7. The van der Waals surface area contributed by atoms with E-state index in [0.717, 1.165) is 21.8 Å². The number of nitrogens with zero attached hydrogens (tertiary/aromatic N) is 2. The van der Waals surface area contributed by atoms with Gasteiger partial charge in [-0.2, -0.15) is 0 Å². The van der Waals surface area contributed by atoms with E-state index in [1.807, 2.05) is 62.4 Å². The molecule has 1 fully saturated rings. The van der Waals surface area contributed by atoms with E-state index in [0.29, 0.717) is 28.8 Å². The second-order valence-electron chi connectivity index (χ2n) is 18.4. The maximum Gasteiger partial charge on any atom is 0.326 e. The number of nitrogens with one attached hydrogen (secondary N) is 8. The van der Waals surface area contributed by atoms with Gasteiger partial charge < -0.3 is 62.4 Å². The number of likely N-dealkylation sites (tertiary alicyclic amines) is 1. The molecule has 7 atom stereocenters. The molecule has 20 nitrogen and oxygen atoms in total. The Balaban J connectivity index is 1.12. The van der Waals surface area contributed by atoms with E-state index in [2.05, 4.69) is 46.5 Å². The summed E-state index contributed by atoms with van der Waals surface area (Å²) in [6.07, 6.45) is 7.01. The van der Waals surface area contributed by atoms with Crippen LogP contribution < -0.4 is 32.3 Å².